The highest BCUT2D eigenvalue weighted by molar-refractivity contribution is 5.77. The number of anilines is 1. The van der Waals surface area contributed by atoms with E-state index in [-0.39, 0.29) is 18.4 Å². The average Bonchev–Trinajstić information content (AvgIpc) is 3.31. The van der Waals surface area contributed by atoms with Gasteiger partial charge in [-0.1, -0.05) is 35.4 Å². The largest absolute Gasteiger partial charge is 0.471 e. The molecule has 0 radical (unpaired) electrons. The molecule has 3 heterocycles. The first-order valence-electron chi connectivity index (χ1n) is 8.67. The Labute approximate surface area is 159 Å². The summed E-state index contributed by atoms with van der Waals surface area (Å²) in [5, 5.41) is 13.2. The monoisotopic (exact) mass is 382 g/mol. The summed E-state index contributed by atoms with van der Waals surface area (Å²) in [6.45, 7) is 0.0557. The molecule has 4 rings (SSSR count). The summed E-state index contributed by atoms with van der Waals surface area (Å²) in [6.07, 6.45) is 0.830. The van der Waals surface area contributed by atoms with E-state index in [1.165, 1.54) is 0 Å². The summed E-state index contributed by atoms with van der Waals surface area (Å²) in [4.78, 5) is 15.6. The van der Waals surface area contributed by atoms with Crippen LogP contribution in [0.5, 0.6) is 5.88 Å². The predicted molar refractivity (Wildman–Crippen MR) is 99.1 cm³/mol. The minimum Gasteiger partial charge on any atom is -0.471 e. The van der Waals surface area contributed by atoms with Gasteiger partial charge in [-0.25, -0.2) is 4.98 Å². The Kier molecular flexibility index (Phi) is 4.94. The number of imidazole rings is 1. The Hall–Kier alpha value is -3.40. The number of aliphatic hydroxyl groups excluding tert-OH is 1. The zero-order chi connectivity index (χ0) is 19.5. The maximum Gasteiger partial charge on any atom is 0.247 e. The Morgan fingerprint density at radius 3 is 2.93 bits per heavy atom. The Morgan fingerprint density at radius 2 is 2.18 bits per heavy atom. The number of aliphatic hydroxyl groups is 1. The van der Waals surface area contributed by atoms with Gasteiger partial charge in [0.25, 0.3) is 0 Å². The van der Waals surface area contributed by atoms with Crippen LogP contribution in [0.1, 0.15) is 18.2 Å². The van der Waals surface area contributed by atoms with Gasteiger partial charge in [0.2, 0.25) is 11.8 Å². The number of benzene rings is 1. The van der Waals surface area contributed by atoms with Crippen molar-refractivity contribution in [3.63, 3.8) is 0 Å². The predicted octanol–water partition coefficient (Wildman–Crippen LogP) is 1.95. The van der Waals surface area contributed by atoms with Crippen molar-refractivity contribution in [3.8, 4) is 5.88 Å². The number of azide groups is 1. The van der Waals surface area contributed by atoms with E-state index in [0.717, 1.165) is 5.56 Å². The van der Waals surface area contributed by atoms with E-state index in [0.29, 0.717) is 24.2 Å². The second-order valence-electron chi connectivity index (χ2n) is 6.31. The quantitative estimate of drug-likeness (QED) is 0.374. The number of nitrogen functional groups attached to an aromatic ring is 1. The normalized spacial score (nSPS) is 21.5. The minimum absolute atomic E-state index is 0.0422. The van der Waals surface area contributed by atoms with Gasteiger partial charge >= 0.3 is 0 Å². The molecule has 0 aliphatic carbocycles. The summed E-state index contributed by atoms with van der Waals surface area (Å²) < 4.78 is 13.3. The highest BCUT2D eigenvalue weighted by Gasteiger charge is 2.36. The molecule has 144 valence electrons. The maximum absolute atomic E-state index is 9.46. The second-order valence-corrected chi connectivity index (χ2v) is 6.31. The molecule has 0 spiro atoms. The van der Waals surface area contributed by atoms with Crippen LogP contribution in [0.4, 0.5) is 5.95 Å². The van der Waals surface area contributed by atoms with Crippen molar-refractivity contribution in [2.75, 3.05) is 12.3 Å². The van der Waals surface area contributed by atoms with Gasteiger partial charge in [-0.3, -0.25) is 4.57 Å². The highest BCUT2D eigenvalue weighted by atomic mass is 16.5. The van der Waals surface area contributed by atoms with Gasteiger partial charge in [0.15, 0.2) is 11.2 Å². The van der Waals surface area contributed by atoms with Crippen LogP contribution < -0.4 is 10.5 Å². The summed E-state index contributed by atoms with van der Waals surface area (Å²) in [5.74, 6) is 0.314. The molecular formula is C17H18N8O3. The lowest BCUT2D eigenvalue weighted by molar-refractivity contribution is -0.0232. The smallest absolute Gasteiger partial charge is 0.247 e. The van der Waals surface area contributed by atoms with Crippen molar-refractivity contribution in [1.29, 1.82) is 0 Å². The van der Waals surface area contributed by atoms with Gasteiger partial charge in [-0.15, -0.1) is 0 Å². The third kappa shape index (κ3) is 3.41. The van der Waals surface area contributed by atoms with Crippen LogP contribution in [0.2, 0.25) is 0 Å². The molecule has 1 aliphatic rings. The van der Waals surface area contributed by atoms with Gasteiger partial charge in [0.05, 0.1) is 25.1 Å². The molecule has 1 aromatic carbocycles. The van der Waals surface area contributed by atoms with Crippen LogP contribution in [0.25, 0.3) is 21.6 Å². The fraction of sp³-hybridized carbons (Fsp3) is 0.353. The van der Waals surface area contributed by atoms with E-state index in [9.17, 15) is 5.11 Å². The lowest BCUT2D eigenvalue weighted by Gasteiger charge is -2.14. The fourth-order valence-corrected chi connectivity index (χ4v) is 3.18. The van der Waals surface area contributed by atoms with Crippen LogP contribution >= 0.6 is 0 Å². The van der Waals surface area contributed by atoms with E-state index in [1.54, 1.807) is 10.9 Å². The topological polar surface area (TPSA) is 157 Å². The Morgan fingerprint density at radius 1 is 1.36 bits per heavy atom. The number of hydrogen-bond acceptors (Lipinski definition) is 8. The van der Waals surface area contributed by atoms with Crippen molar-refractivity contribution >= 4 is 17.1 Å². The number of ether oxygens (including phenoxy) is 2. The van der Waals surface area contributed by atoms with Gasteiger partial charge in [0, 0.05) is 11.3 Å². The number of nitrogens with two attached hydrogens (primary N) is 1. The molecule has 1 saturated heterocycles. The number of fused-ring (bicyclic) bond motifs is 1. The first-order chi connectivity index (χ1) is 13.7. The molecule has 0 bridgehead atoms. The number of nitrogens with zero attached hydrogens (tertiary/aromatic N) is 7. The van der Waals surface area contributed by atoms with Crippen LogP contribution in [0, 0.1) is 0 Å². The molecule has 11 heteroatoms. The standard InChI is InChI=1S/C17H18N8O3/c18-17-21-15-14(16(22-17)27-8-10-4-2-1-3-5-10)20-9-25(15)13-6-11(23-24-19)12(7-26)28-13/h1-5,9,11-13,26H,6-8H2,(H2,18,21,22)/t11-,12+,13+/m0/s1. The molecule has 1 aliphatic heterocycles. The third-order valence-corrected chi connectivity index (χ3v) is 4.52. The van der Waals surface area contributed by atoms with E-state index in [2.05, 4.69) is 25.0 Å². The summed E-state index contributed by atoms with van der Waals surface area (Å²) in [5.41, 5.74) is 16.4. The molecule has 2 aromatic heterocycles. The van der Waals surface area contributed by atoms with E-state index in [4.69, 9.17) is 20.7 Å². The zero-order valence-electron chi connectivity index (χ0n) is 14.8. The van der Waals surface area contributed by atoms with E-state index >= 15 is 0 Å². The van der Waals surface area contributed by atoms with E-state index < -0.39 is 18.4 Å². The van der Waals surface area contributed by atoms with E-state index in [1.807, 2.05) is 30.3 Å². The molecule has 1 fully saturated rings. The van der Waals surface area contributed by atoms with Gasteiger partial charge in [0.1, 0.15) is 12.8 Å². The average molecular weight is 382 g/mol. The van der Waals surface area contributed by atoms with Crippen LogP contribution in [-0.4, -0.2) is 43.4 Å². The molecule has 28 heavy (non-hydrogen) atoms. The number of rotatable bonds is 6. The van der Waals surface area contributed by atoms with Gasteiger partial charge in [-0.05, 0) is 11.1 Å². The molecule has 11 nitrogen and oxygen atoms in total. The summed E-state index contributed by atoms with van der Waals surface area (Å²) in [7, 11) is 0. The summed E-state index contributed by atoms with van der Waals surface area (Å²) in [6, 6.07) is 9.18. The molecular weight excluding hydrogens is 364 g/mol. The maximum atomic E-state index is 9.46. The van der Waals surface area contributed by atoms with Gasteiger partial charge in [-0.2, -0.15) is 9.97 Å². The zero-order valence-corrected chi connectivity index (χ0v) is 14.8. The summed E-state index contributed by atoms with van der Waals surface area (Å²) >= 11 is 0. The SMILES string of the molecule is [N-]=[N+]=N[C@H]1C[C@H](n2cnc3c(OCc4ccccc4)nc(N)nc32)O[C@@H]1CO. The van der Waals surface area contributed by atoms with Crippen LogP contribution in [-0.2, 0) is 11.3 Å². The molecule has 0 unspecified atom stereocenters. The number of hydrogen-bond donors (Lipinski definition) is 2. The highest BCUT2D eigenvalue weighted by Crippen LogP contribution is 2.34. The van der Waals surface area contributed by atoms with Crippen molar-refractivity contribution in [1.82, 2.24) is 19.5 Å². The minimum atomic E-state index is -0.591. The van der Waals surface area contributed by atoms with Gasteiger partial charge < -0.3 is 20.3 Å². The first kappa shape index (κ1) is 18.0. The van der Waals surface area contributed by atoms with Crippen molar-refractivity contribution < 1.29 is 14.6 Å². The van der Waals surface area contributed by atoms with Crippen molar-refractivity contribution in [2.24, 2.45) is 5.11 Å². The Balaban J connectivity index is 1.63. The second kappa shape index (κ2) is 7.69. The van der Waals surface area contributed by atoms with Crippen LogP contribution in [0.15, 0.2) is 41.8 Å². The molecule has 0 amide bonds. The Bertz CT molecular complexity index is 1020. The first-order valence-corrected chi connectivity index (χ1v) is 8.67. The lowest BCUT2D eigenvalue weighted by Crippen LogP contribution is -2.22. The molecule has 3 N–H and O–H groups in total. The number of aromatic nitrogens is 4. The molecule has 3 atom stereocenters. The molecule has 0 saturated carbocycles. The molecule has 3 aromatic rings. The van der Waals surface area contributed by atoms with Crippen molar-refractivity contribution in [3.05, 3.63) is 52.7 Å². The van der Waals surface area contributed by atoms with Crippen molar-refractivity contribution in [2.45, 2.75) is 31.4 Å². The lowest BCUT2D eigenvalue weighted by atomic mass is 10.1. The fourth-order valence-electron chi connectivity index (χ4n) is 3.18. The third-order valence-electron chi connectivity index (χ3n) is 4.52. The van der Waals surface area contributed by atoms with Crippen LogP contribution in [0.3, 0.4) is 0 Å².